The van der Waals surface area contributed by atoms with Crippen LogP contribution < -0.4 is 5.32 Å². The van der Waals surface area contributed by atoms with E-state index in [2.05, 4.69) is 16.4 Å². The number of nitrogens with one attached hydrogen (secondary N) is 1. The zero-order valence-corrected chi connectivity index (χ0v) is 9.98. The predicted octanol–water partition coefficient (Wildman–Crippen LogP) is 1.08. The number of hydrogen-bond donors (Lipinski definition) is 1. The summed E-state index contributed by atoms with van der Waals surface area (Å²) in [6.45, 7) is 0.726. The highest BCUT2D eigenvalue weighted by atomic mass is 16.2. The maximum Gasteiger partial charge on any atom is 0.235 e. The summed E-state index contributed by atoms with van der Waals surface area (Å²) in [6, 6.07) is 8.06. The van der Waals surface area contributed by atoms with E-state index in [1.54, 1.807) is 0 Å². The average Bonchev–Trinajstić information content (AvgIpc) is 2.38. The van der Waals surface area contributed by atoms with Crippen LogP contribution in [-0.4, -0.2) is 24.1 Å². The highest BCUT2D eigenvalue weighted by Crippen LogP contribution is 2.24. The largest absolute Gasteiger partial charge is 0.296 e. The van der Waals surface area contributed by atoms with E-state index >= 15 is 0 Å². The van der Waals surface area contributed by atoms with Crippen molar-refractivity contribution in [3.63, 3.8) is 0 Å². The van der Waals surface area contributed by atoms with Crippen LogP contribution in [0.25, 0.3) is 0 Å². The molecule has 0 aromatic heterocycles. The standard InChI is InChI=1S/C14H14N2O2/c17-12-6-5-11(14(18)16-12)13-10-4-2-1-3-9(10)7-8-15-13/h1-4,11H,5-8H2,(H,16,17,18). The van der Waals surface area contributed by atoms with E-state index in [4.69, 9.17) is 0 Å². The van der Waals surface area contributed by atoms with E-state index in [9.17, 15) is 9.59 Å². The highest BCUT2D eigenvalue weighted by molar-refractivity contribution is 6.17. The van der Waals surface area contributed by atoms with Crippen LogP contribution in [0.2, 0.25) is 0 Å². The number of benzene rings is 1. The van der Waals surface area contributed by atoms with Crippen LogP contribution in [0.5, 0.6) is 0 Å². The molecule has 4 nitrogen and oxygen atoms in total. The third-order valence-corrected chi connectivity index (χ3v) is 3.53. The number of nitrogens with zero attached hydrogens (tertiary/aromatic N) is 1. The van der Waals surface area contributed by atoms with E-state index in [0.717, 1.165) is 24.2 Å². The van der Waals surface area contributed by atoms with Crippen molar-refractivity contribution in [1.82, 2.24) is 5.32 Å². The quantitative estimate of drug-likeness (QED) is 0.749. The molecule has 1 atom stereocenters. The predicted molar refractivity (Wildman–Crippen MR) is 67.4 cm³/mol. The maximum atomic E-state index is 11.9. The van der Waals surface area contributed by atoms with E-state index in [0.29, 0.717) is 12.8 Å². The molecule has 1 aromatic carbocycles. The lowest BCUT2D eigenvalue weighted by atomic mass is 9.85. The lowest BCUT2D eigenvalue weighted by Gasteiger charge is -2.26. The van der Waals surface area contributed by atoms with Gasteiger partial charge in [-0.15, -0.1) is 0 Å². The molecule has 2 heterocycles. The third-order valence-electron chi connectivity index (χ3n) is 3.53. The molecule has 18 heavy (non-hydrogen) atoms. The van der Waals surface area contributed by atoms with Crippen LogP contribution in [0.3, 0.4) is 0 Å². The number of amides is 2. The molecular weight excluding hydrogens is 228 g/mol. The van der Waals surface area contributed by atoms with Crippen LogP contribution in [0.15, 0.2) is 29.3 Å². The second-order valence-electron chi connectivity index (χ2n) is 4.68. The summed E-state index contributed by atoms with van der Waals surface area (Å²) in [5, 5.41) is 2.40. The summed E-state index contributed by atoms with van der Waals surface area (Å²) >= 11 is 0. The van der Waals surface area contributed by atoms with Crippen molar-refractivity contribution < 1.29 is 9.59 Å². The number of aliphatic imine (C=N–C) groups is 1. The van der Waals surface area contributed by atoms with Gasteiger partial charge in [0.2, 0.25) is 11.8 Å². The Balaban J connectivity index is 1.95. The van der Waals surface area contributed by atoms with Gasteiger partial charge in [0.15, 0.2) is 0 Å². The van der Waals surface area contributed by atoms with Gasteiger partial charge in [0.1, 0.15) is 0 Å². The zero-order valence-electron chi connectivity index (χ0n) is 9.98. The number of imide groups is 1. The van der Waals surface area contributed by atoms with Gasteiger partial charge in [-0.1, -0.05) is 24.3 Å². The SMILES string of the molecule is O=C1CCC(C2=NCCc3ccccc32)C(=O)N1. The summed E-state index contributed by atoms with van der Waals surface area (Å²) in [6.07, 6.45) is 1.89. The van der Waals surface area contributed by atoms with Gasteiger partial charge in [0, 0.05) is 13.0 Å². The minimum absolute atomic E-state index is 0.180. The Kier molecular flexibility index (Phi) is 2.70. The normalized spacial score (nSPS) is 23.1. The lowest BCUT2D eigenvalue weighted by Crippen LogP contribution is -2.44. The highest BCUT2D eigenvalue weighted by Gasteiger charge is 2.32. The van der Waals surface area contributed by atoms with Crippen molar-refractivity contribution in [3.05, 3.63) is 35.4 Å². The van der Waals surface area contributed by atoms with Crippen LogP contribution in [-0.2, 0) is 16.0 Å². The summed E-state index contributed by atoms with van der Waals surface area (Å²) < 4.78 is 0. The number of piperidine rings is 1. The molecule has 1 unspecified atom stereocenters. The molecule has 0 aliphatic carbocycles. The van der Waals surface area contributed by atoms with Gasteiger partial charge in [0.25, 0.3) is 0 Å². The van der Waals surface area contributed by atoms with Gasteiger partial charge in [-0.3, -0.25) is 19.9 Å². The Labute approximate surface area is 105 Å². The average molecular weight is 242 g/mol. The number of carbonyl (C=O) groups excluding carboxylic acids is 2. The molecule has 4 heteroatoms. The fourth-order valence-electron chi connectivity index (χ4n) is 2.62. The molecule has 0 spiro atoms. The van der Waals surface area contributed by atoms with Gasteiger partial charge in [-0.05, 0) is 24.0 Å². The third kappa shape index (κ3) is 1.83. The number of carbonyl (C=O) groups is 2. The molecule has 1 aromatic rings. The molecule has 1 saturated heterocycles. The molecule has 2 aliphatic heterocycles. The monoisotopic (exact) mass is 242 g/mol. The van der Waals surface area contributed by atoms with Crippen molar-refractivity contribution in [1.29, 1.82) is 0 Å². The Hall–Kier alpha value is -1.97. The molecule has 1 N–H and O–H groups in total. The van der Waals surface area contributed by atoms with E-state index < -0.39 is 0 Å². The molecule has 3 rings (SSSR count). The fraction of sp³-hybridized carbons (Fsp3) is 0.357. The second-order valence-corrected chi connectivity index (χ2v) is 4.68. The number of rotatable bonds is 1. The van der Waals surface area contributed by atoms with Gasteiger partial charge in [-0.2, -0.15) is 0 Å². The van der Waals surface area contributed by atoms with Gasteiger partial charge in [-0.25, -0.2) is 0 Å². The Morgan fingerprint density at radius 2 is 2.00 bits per heavy atom. The minimum atomic E-state index is -0.274. The van der Waals surface area contributed by atoms with Gasteiger partial charge < -0.3 is 0 Å². The molecule has 1 fully saturated rings. The van der Waals surface area contributed by atoms with Crippen LogP contribution in [0, 0.1) is 5.92 Å². The van der Waals surface area contributed by atoms with Crippen molar-refractivity contribution in [2.45, 2.75) is 19.3 Å². The van der Waals surface area contributed by atoms with Crippen molar-refractivity contribution in [3.8, 4) is 0 Å². The first-order chi connectivity index (χ1) is 8.75. The minimum Gasteiger partial charge on any atom is -0.296 e. The molecule has 2 aliphatic rings. The fourth-order valence-corrected chi connectivity index (χ4v) is 2.62. The molecule has 2 amide bonds. The molecule has 92 valence electrons. The maximum absolute atomic E-state index is 11.9. The first-order valence-electron chi connectivity index (χ1n) is 6.22. The van der Waals surface area contributed by atoms with Crippen LogP contribution >= 0.6 is 0 Å². The molecular formula is C14H14N2O2. The molecule has 0 bridgehead atoms. The number of fused-ring (bicyclic) bond motifs is 1. The summed E-state index contributed by atoms with van der Waals surface area (Å²) in [4.78, 5) is 27.6. The Morgan fingerprint density at radius 1 is 1.17 bits per heavy atom. The smallest absolute Gasteiger partial charge is 0.235 e. The van der Waals surface area contributed by atoms with Crippen molar-refractivity contribution >= 4 is 17.5 Å². The van der Waals surface area contributed by atoms with Gasteiger partial charge >= 0.3 is 0 Å². The van der Waals surface area contributed by atoms with Crippen molar-refractivity contribution in [2.75, 3.05) is 6.54 Å². The van der Waals surface area contributed by atoms with Crippen LogP contribution in [0.1, 0.15) is 24.0 Å². The zero-order chi connectivity index (χ0) is 12.5. The lowest BCUT2D eigenvalue weighted by molar-refractivity contribution is -0.134. The first-order valence-corrected chi connectivity index (χ1v) is 6.22. The molecule has 0 saturated carbocycles. The van der Waals surface area contributed by atoms with Crippen molar-refractivity contribution in [2.24, 2.45) is 10.9 Å². The second kappa shape index (κ2) is 4.37. The number of hydrogen-bond acceptors (Lipinski definition) is 3. The van der Waals surface area contributed by atoms with E-state index in [1.807, 2.05) is 18.2 Å². The molecule has 0 radical (unpaired) electrons. The summed E-state index contributed by atoms with van der Waals surface area (Å²) in [5.74, 6) is -0.660. The van der Waals surface area contributed by atoms with Crippen LogP contribution in [0.4, 0.5) is 0 Å². The van der Waals surface area contributed by atoms with Gasteiger partial charge in [0.05, 0.1) is 11.6 Å². The first kappa shape index (κ1) is 11.1. The Morgan fingerprint density at radius 3 is 2.83 bits per heavy atom. The van der Waals surface area contributed by atoms with E-state index in [1.165, 1.54) is 5.56 Å². The summed E-state index contributed by atoms with van der Waals surface area (Å²) in [5.41, 5.74) is 3.16. The topological polar surface area (TPSA) is 58.5 Å². The Bertz CT molecular complexity index is 548. The van der Waals surface area contributed by atoms with E-state index in [-0.39, 0.29) is 17.7 Å². The summed E-state index contributed by atoms with van der Waals surface area (Å²) in [7, 11) is 0.